The van der Waals surface area contributed by atoms with E-state index < -0.39 is 0 Å². The van der Waals surface area contributed by atoms with Gasteiger partial charge in [-0.2, -0.15) is 4.98 Å². The molecule has 1 saturated carbocycles. The van der Waals surface area contributed by atoms with Crippen molar-refractivity contribution in [2.45, 2.75) is 51.1 Å². The predicted molar refractivity (Wildman–Crippen MR) is 85.9 cm³/mol. The number of nitrogens with one attached hydrogen (secondary N) is 1. The standard InChI is InChI=1S/C15H20N4O3.ClH/c16-8-12-6-10(9-21-12)15-18-13(19-22-15)7-14(20)17-11-4-2-1-3-5-11;/h6,9,11H,1-5,7-8,16H2,(H,17,20);1H. The van der Waals surface area contributed by atoms with Gasteiger partial charge in [0, 0.05) is 6.04 Å². The number of halogens is 1. The summed E-state index contributed by atoms with van der Waals surface area (Å²) in [5, 5.41) is 6.87. The molecule has 3 N–H and O–H groups in total. The van der Waals surface area contributed by atoms with E-state index in [-0.39, 0.29) is 30.8 Å². The van der Waals surface area contributed by atoms with E-state index in [0.717, 1.165) is 12.8 Å². The minimum absolute atomic E-state index is 0. The highest BCUT2D eigenvalue weighted by atomic mass is 35.5. The van der Waals surface area contributed by atoms with Gasteiger partial charge < -0.3 is 20.0 Å². The lowest BCUT2D eigenvalue weighted by atomic mass is 9.95. The van der Waals surface area contributed by atoms with Crippen molar-refractivity contribution in [2.75, 3.05) is 0 Å². The number of furan rings is 1. The molecule has 2 heterocycles. The number of nitrogens with two attached hydrogens (primary N) is 1. The molecule has 1 fully saturated rings. The summed E-state index contributed by atoms with van der Waals surface area (Å²) in [7, 11) is 0. The Morgan fingerprint density at radius 2 is 2.13 bits per heavy atom. The van der Waals surface area contributed by atoms with E-state index in [1.54, 1.807) is 6.07 Å². The molecule has 3 rings (SSSR count). The minimum Gasteiger partial charge on any atom is -0.467 e. The number of hydrogen-bond donors (Lipinski definition) is 2. The van der Waals surface area contributed by atoms with Crippen LogP contribution in [0, 0.1) is 0 Å². The molecule has 1 aliphatic rings. The summed E-state index contributed by atoms with van der Waals surface area (Å²) in [6.45, 7) is 0.310. The first-order valence-corrected chi connectivity index (χ1v) is 7.64. The van der Waals surface area contributed by atoms with Gasteiger partial charge in [0.1, 0.15) is 12.0 Å². The molecule has 1 amide bonds. The van der Waals surface area contributed by atoms with Crippen molar-refractivity contribution in [2.24, 2.45) is 5.73 Å². The average Bonchev–Trinajstić information content (AvgIpc) is 3.16. The molecule has 2 aromatic heterocycles. The van der Waals surface area contributed by atoms with Crippen LogP contribution >= 0.6 is 12.4 Å². The molecule has 1 aliphatic carbocycles. The molecule has 0 unspecified atom stereocenters. The Kier molecular flexibility index (Phi) is 6.18. The summed E-state index contributed by atoms with van der Waals surface area (Å²) >= 11 is 0. The van der Waals surface area contributed by atoms with Crippen molar-refractivity contribution >= 4 is 18.3 Å². The van der Waals surface area contributed by atoms with Gasteiger partial charge in [-0.1, -0.05) is 24.4 Å². The molecule has 0 radical (unpaired) electrons. The maximum atomic E-state index is 12.0. The zero-order valence-corrected chi connectivity index (χ0v) is 13.6. The van der Waals surface area contributed by atoms with Crippen LogP contribution < -0.4 is 11.1 Å². The Hall–Kier alpha value is -1.86. The van der Waals surface area contributed by atoms with Crippen molar-refractivity contribution in [3.8, 4) is 11.5 Å². The van der Waals surface area contributed by atoms with Crippen LogP contribution in [0.15, 0.2) is 21.3 Å². The average molecular weight is 341 g/mol. The van der Waals surface area contributed by atoms with Gasteiger partial charge in [-0.15, -0.1) is 12.4 Å². The highest BCUT2D eigenvalue weighted by Crippen LogP contribution is 2.20. The van der Waals surface area contributed by atoms with E-state index in [9.17, 15) is 4.79 Å². The number of carbonyl (C=O) groups is 1. The molecule has 0 aromatic carbocycles. The van der Waals surface area contributed by atoms with Crippen molar-refractivity contribution in [3.05, 3.63) is 23.9 Å². The van der Waals surface area contributed by atoms with Crippen LogP contribution in [0.2, 0.25) is 0 Å². The summed E-state index contributed by atoms with van der Waals surface area (Å²) in [5.74, 6) is 1.29. The van der Waals surface area contributed by atoms with Gasteiger partial charge in [0.2, 0.25) is 5.91 Å². The van der Waals surface area contributed by atoms with E-state index in [1.807, 2.05) is 0 Å². The quantitative estimate of drug-likeness (QED) is 0.864. The number of aromatic nitrogens is 2. The molecule has 0 spiro atoms. The maximum Gasteiger partial charge on any atom is 0.261 e. The summed E-state index contributed by atoms with van der Waals surface area (Å²) < 4.78 is 10.4. The largest absolute Gasteiger partial charge is 0.467 e. The van der Waals surface area contributed by atoms with Gasteiger partial charge in [-0.3, -0.25) is 4.79 Å². The van der Waals surface area contributed by atoms with E-state index in [0.29, 0.717) is 29.6 Å². The lowest BCUT2D eigenvalue weighted by Gasteiger charge is -2.22. The Morgan fingerprint density at radius 3 is 2.83 bits per heavy atom. The number of carbonyl (C=O) groups excluding carboxylic acids is 1. The second-order valence-corrected chi connectivity index (χ2v) is 5.60. The van der Waals surface area contributed by atoms with Crippen molar-refractivity contribution < 1.29 is 13.7 Å². The van der Waals surface area contributed by atoms with Gasteiger partial charge in [0.25, 0.3) is 5.89 Å². The molecule has 0 bridgehead atoms. The first-order chi connectivity index (χ1) is 10.7. The minimum atomic E-state index is -0.0610. The van der Waals surface area contributed by atoms with Crippen LogP contribution in [-0.2, 0) is 17.8 Å². The van der Waals surface area contributed by atoms with Gasteiger partial charge in [-0.25, -0.2) is 0 Å². The smallest absolute Gasteiger partial charge is 0.261 e. The molecule has 23 heavy (non-hydrogen) atoms. The molecule has 7 nitrogen and oxygen atoms in total. The lowest BCUT2D eigenvalue weighted by molar-refractivity contribution is -0.121. The number of hydrogen-bond acceptors (Lipinski definition) is 6. The molecule has 0 aliphatic heterocycles. The monoisotopic (exact) mass is 340 g/mol. The molecule has 0 saturated heterocycles. The van der Waals surface area contributed by atoms with Gasteiger partial charge in [-0.05, 0) is 18.9 Å². The first-order valence-electron chi connectivity index (χ1n) is 7.64. The Labute approximate surface area is 140 Å². The number of amides is 1. The zero-order chi connectivity index (χ0) is 15.4. The van der Waals surface area contributed by atoms with E-state index in [1.165, 1.54) is 25.5 Å². The lowest BCUT2D eigenvalue weighted by Crippen LogP contribution is -2.37. The maximum absolute atomic E-state index is 12.0. The van der Waals surface area contributed by atoms with Crippen molar-refractivity contribution in [1.82, 2.24) is 15.5 Å². The highest BCUT2D eigenvalue weighted by molar-refractivity contribution is 5.85. The molecule has 8 heteroatoms. The number of rotatable bonds is 5. The molecule has 0 atom stereocenters. The Morgan fingerprint density at radius 1 is 1.35 bits per heavy atom. The molecular weight excluding hydrogens is 320 g/mol. The number of nitrogens with zero attached hydrogens (tertiary/aromatic N) is 2. The predicted octanol–water partition coefficient (Wildman–Crippen LogP) is 2.20. The molecule has 126 valence electrons. The van der Waals surface area contributed by atoms with Crippen LogP contribution in [0.5, 0.6) is 0 Å². The van der Waals surface area contributed by atoms with Crippen molar-refractivity contribution in [1.29, 1.82) is 0 Å². The second kappa shape index (κ2) is 8.12. The topological polar surface area (TPSA) is 107 Å². The highest BCUT2D eigenvalue weighted by Gasteiger charge is 2.18. The third-order valence-electron chi connectivity index (χ3n) is 3.86. The summed E-state index contributed by atoms with van der Waals surface area (Å²) in [6.07, 6.45) is 7.38. The van der Waals surface area contributed by atoms with E-state index in [4.69, 9.17) is 14.7 Å². The van der Waals surface area contributed by atoms with Crippen LogP contribution in [0.1, 0.15) is 43.7 Å². The molecular formula is C15H21ClN4O3. The third-order valence-corrected chi connectivity index (χ3v) is 3.86. The fraction of sp³-hybridized carbons (Fsp3) is 0.533. The van der Waals surface area contributed by atoms with Crippen molar-refractivity contribution in [3.63, 3.8) is 0 Å². The van der Waals surface area contributed by atoms with Gasteiger partial charge in [0.05, 0.1) is 18.5 Å². The molecule has 2 aromatic rings. The summed E-state index contributed by atoms with van der Waals surface area (Å²) in [5.41, 5.74) is 6.16. The van der Waals surface area contributed by atoms with Crippen LogP contribution in [0.4, 0.5) is 0 Å². The summed E-state index contributed by atoms with van der Waals surface area (Å²) in [6, 6.07) is 2.04. The van der Waals surface area contributed by atoms with Crippen LogP contribution in [0.3, 0.4) is 0 Å². The fourth-order valence-electron chi connectivity index (χ4n) is 2.71. The first kappa shape index (κ1) is 17.5. The van der Waals surface area contributed by atoms with Crippen LogP contribution in [-0.4, -0.2) is 22.1 Å². The Bertz CT molecular complexity index is 634. The zero-order valence-electron chi connectivity index (χ0n) is 12.8. The SMILES string of the molecule is Cl.NCc1cc(-c2nc(CC(=O)NC3CCCCC3)no2)co1. The van der Waals surface area contributed by atoms with E-state index >= 15 is 0 Å². The third kappa shape index (κ3) is 4.56. The van der Waals surface area contributed by atoms with Crippen LogP contribution in [0.25, 0.3) is 11.5 Å². The fourth-order valence-corrected chi connectivity index (χ4v) is 2.71. The normalized spacial score (nSPS) is 15.2. The van der Waals surface area contributed by atoms with E-state index in [2.05, 4.69) is 15.5 Å². The second-order valence-electron chi connectivity index (χ2n) is 5.60. The summed E-state index contributed by atoms with van der Waals surface area (Å²) in [4.78, 5) is 16.2. The van der Waals surface area contributed by atoms with Gasteiger partial charge in [0.15, 0.2) is 5.82 Å². The Balaban J connectivity index is 0.00000192. The van der Waals surface area contributed by atoms with Gasteiger partial charge >= 0.3 is 0 Å².